The van der Waals surface area contributed by atoms with Crippen molar-refractivity contribution < 1.29 is 9.53 Å². The van der Waals surface area contributed by atoms with E-state index in [-0.39, 0.29) is 0 Å². The molecule has 116 valence electrons. The van der Waals surface area contributed by atoms with Gasteiger partial charge in [0.25, 0.3) is 0 Å². The minimum atomic E-state index is 0.322. The van der Waals surface area contributed by atoms with Crippen LogP contribution < -0.4 is 5.73 Å². The number of amides is 1. The van der Waals surface area contributed by atoms with E-state index in [1.807, 2.05) is 4.90 Å². The fourth-order valence-corrected chi connectivity index (χ4v) is 3.09. The topological polar surface area (TPSA) is 58.8 Å². The summed E-state index contributed by atoms with van der Waals surface area (Å²) in [6.45, 7) is 7.63. The molecule has 0 aromatic carbocycles. The molecule has 0 atom stereocenters. The molecule has 2 aliphatic heterocycles. The highest BCUT2D eigenvalue weighted by Gasteiger charge is 2.24. The number of nitrogens with zero attached hydrogens (tertiary/aromatic N) is 2. The van der Waals surface area contributed by atoms with Crippen molar-refractivity contribution in [3.8, 4) is 0 Å². The Morgan fingerprint density at radius 2 is 1.80 bits per heavy atom. The Morgan fingerprint density at radius 1 is 1.10 bits per heavy atom. The van der Waals surface area contributed by atoms with Crippen molar-refractivity contribution in [2.75, 3.05) is 52.5 Å². The van der Waals surface area contributed by atoms with E-state index in [9.17, 15) is 4.79 Å². The minimum absolute atomic E-state index is 0.322. The molecule has 2 N–H and O–H groups in total. The lowest BCUT2D eigenvalue weighted by atomic mass is 9.95. The van der Waals surface area contributed by atoms with Crippen molar-refractivity contribution in [3.05, 3.63) is 0 Å². The van der Waals surface area contributed by atoms with E-state index in [4.69, 9.17) is 10.5 Å². The largest absolute Gasteiger partial charge is 0.379 e. The highest BCUT2D eigenvalue weighted by atomic mass is 16.5. The summed E-state index contributed by atoms with van der Waals surface area (Å²) in [6, 6.07) is 0. The third-order valence-corrected chi connectivity index (χ3v) is 4.43. The number of morpholine rings is 1. The van der Waals surface area contributed by atoms with Crippen LogP contribution >= 0.6 is 0 Å². The molecule has 0 saturated carbocycles. The number of nitrogens with two attached hydrogens (primary N) is 1. The predicted molar refractivity (Wildman–Crippen MR) is 79.5 cm³/mol. The third kappa shape index (κ3) is 5.04. The molecular weight excluding hydrogens is 254 g/mol. The van der Waals surface area contributed by atoms with Crippen LogP contribution in [0.4, 0.5) is 0 Å². The fourth-order valence-electron chi connectivity index (χ4n) is 3.09. The van der Waals surface area contributed by atoms with Gasteiger partial charge in [-0.2, -0.15) is 0 Å². The van der Waals surface area contributed by atoms with Gasteiger partial charge < -0.3 is 15.4 Å². The van der Waals surface area contributed by atoms with Crippen molar-refractivity contribution in [1.29, 1.82) is 0 Å². The smallest absolute Gasteiger partial charge is 0.222 e. The molecule has 0 radical (unpaired) electrons. The lowest BCUT2D eigenvalue weighted by Gasteiger charge is -2.36. The summed E-state index contributed by atoms with van der Waals surface area (Å²) < 4.78 is 5.38. The molecule has 2 heterocycles. The van der Waals surface area contributed by atoms with Gasteiger partial charge in [0.15, 0.2) is 0 Å². The normalized spacial score (nSPS) is 22.1. The standard InChI is InChI=1S/C15H29N3O2/c16-6-2-1-3-15(19)18-7-4-14(5-8-18)13-17-9-11-20-12-10-17/h14H,1-13,16H2. The van der Waals surface area contributed by atoms with Crippen molar-refractivity contribution >= 4 is 5.91 Å². The summed E-state index contributed by atoms with van der Waals surface area (Å²) in [7, 11) is 0. The summed E-state index contributed by atoms with van der Waals surface area (Å²) in [5, 5.41) is 0. The van der Waals surface area contributed by atoms with Gasteiger partial charge in [0.1, 0.15) is 0 Å². The number of likely N-dealkylation sites (tertiary alicyclic amines) is 1. The zero-order chi connectivity index (χ0) is 14.2. The maximum absolute atomic E-state index is 12.0. The summed E-state index contributed by atoms with van der Waals surface area (Å²) in [6.07, 6.45) is 4.87. The van der Waals surface area contributed by atoms with Crippen molar-refractivity contribution in [2.24, 2.45) is 11.7 Å². The van der Waals surface area contributed by atoms with Gasteiger partial charge in [-0.25, -0.2) is 0 Å². The first-order valence-electron chi connectivity index (χ1n) is 8.07. The summed E-state index contributed by atoms with van der Waals surface area (Å²) in [5.41, 5.74) is 5.46. The zero-order valence-electron chi connectivity index (χ0n) is 12.6. The molecule has 0 aromatic heterocycles. The van der Waals surface area contributed by atoms with Crippen LogP contribution in [0.25, 0.3) is 0 Å². The Balaban J connectivity index is 1.62. The third-order valence-electron chi connectivity index (χ3n) is 4.43. The number of carbonyl (C=O) groups is 1. The van der Waals surface area contributed by atoms with Crippen LogP contribution in [0, 0.1) is 5.92 Å². The van der Waals surface area contributed by atoms with Gasteiger partial charge in [0, 0.05) is 39.1 Å². The molecule has 0 aromatic rings. The number of hydrogen-bond donors (Lipinski definition) is 1. The Kier molecular flexibility index (Phi) is 6.76. The molecule has 0 bridgehead atoms. The Morgan fingerprint density at radius 3 is 2.45 bits per heavy atom. The van der Waals surface area contributed by atoms with E-state index in [1.54, 1.807) is 0 Å². The van der Waals surface area contributed by atoms with E-state index >= 15 is 0 Å². The van der Waals surface area contributed by atoms with Crippen molar-refractivity contribution in [3.63, 3.8) is 0 Å². The second kappa shape index (κ2) is 8.60. The van der Waals surface area contributed by atoms with Crippen molar-refractivity contribution in [1.82, 2.24) is 9.80 Å². The Bertz CT molecular complexity index is 285. The van der Waals surface area contributed by atoms with E-state index in [2.05, 4.69) is 4.90 Å². The lowest BCUT2D eigenvalue weighted by molar-refractivity contribution is -0.132. The van der Waals surface area contributed by atoms with Gasteiger partial charge in [-0.1, -0.05) is 0 Å². The molecule has 5 nitrogen and oxygen atoms in total. The van der Waals surface area contributed by atoms with E-state index in [0.717, 1.165) is 71.0 Å². The average Bonchev–Trinajstić information content (AvgIpc) is 2.49. The molecule has 0 spiro atoms. The first-order chi connectivity index (χ1) is 9.79. The van der Waals surface area contributed by atoms with E-state index < -0.39 is 0 Å². The molecule has 2 saturated heterocycles. The summed E-state index contributed by atoms with van der Waals surface area (Å²) >= 11 is 0. The van der Waals surface area contributed by atoms with Gasteiger partial charge in [0.05, 0.1) is 13.2 Å². The molecule has 2 rings (SSSR count). The first-order valence-corrected chi connectivity index (χ1v) is 8.07. The van der Waals surface area contributed by atoms with Crippen LogP contribution in [-0.4, -0.2) is 68.2 Å². The molecule has 0 unspecified atom stereocenters. The maximum Gasteiger partial charge on any atom is 0.222 e. The average molecular weight is 283 g/mol. The van der Waals surface area contributed by atoms with Crippen LogP contribution in [0.1, 0.15) is 32.1 Å². The molecule has 1 amide bonds. The minimum Gasteiger partial charge on any atom is -0.379 e. The first kappa shape index (κ1) is 15.7. The van der Waals surface area contributed by atoms with Crippen molar-refractivity contribution in [2.45, 2.75) is 32.1 Å². The highest BCUT2D eigenvalue weighted by molar-refractivity contribution is 5.76. The zero-order valence-corrected chi connectivity index (χ0v) is 12.6. The van der Waals surface area contributed by atoms with Crippen LogP contribution in [-0.2, 0) is 9.53 Å². The number of hydrogen-bond acceptors (Lipinski definition) is 4. The van der Waals surface area contributed by atoms with Gasteiger partial charge in [-0.3, -0.25) is 9.69 Å². The lowest BCUT2D eigenvalue weighted by Crippen LogP contribution is -2.44. The number of ether oxygens (including phenoxy) is 1. The summed E-state index contributed by atoms with van der Waals surface area (Å²) in [4.78, 5) is 16.6. The fraction of sp³-hybridized carbons (Fsp3) is 0.933. The number of rotatable bonds is 6. The van der Waals surface area contributed by atoms with E-state index in [0.29, 0.717) is 18.9 Å². The number of unbranched alkanes of at least 4 members (excludes halogenated alkanes) is 1. The van der Waals surface area contributed by atoms with Crippen LogP contribution in [0.3, 0.4) is 0 Å². The Hall–Kier alpha value is -0.650. The number of piperidine rings is 1. The second-order valence-corrected chi connectivity index (χ2v) is 5.98. The van der Waals surface area contributed by atoms with Crippen LogP contribution in [0.15, 0.2) is 0 Å². The molecular formula is C15H29N3O2. The predicted octanol–water partition coefficient (Wildman–Crippen LogP) is 0.686. The highest BCUT2D eigenvalue weighted by Crippen LogP contribution is 2.19. The molecule has 5 heteroatoms. The van der Waals surface area contributed by atoms with Crippen LogP contribution in [0.5, 0.6) is 0 Å². The second-order valence-electron chi connectivity index (χ2n) is 5.98. The van der Waals surface area contributed by atoms with Gasteiger partial charge in [-0.15, -0.1) is 0 Å². The monoisotopic (exact) mass is 283 g/mol. The van der Waals surface area contributed by atoms with E-state index in [1.165, 1.54) is 6.54 Å². The van der Waals surface area contributed by atoms with Gasteiger partial charge in [-0.05, 0) is 38.1 Å². The quantitative estimate of drug-likeness (QED) is 0.729. The summed E-state index contributed by atoms with van der Waals surface area (Å²) in [5.74, 6) is 1.07. The number of carbonyl (C=O) groups excluding carboxylic acids is 1. The van der Waals surface area contributed by atoms with Crippen LogP contribution in [0.2, 0.25) is 0 Å². The van der Waals surface area contributed by atoms with Gasteiger partial charge in [0.2, 0.25) is 5.91 Å². The molecule has 2 fully saturated rings. The van der Waals surface area contributed by atoms with Gasteiger partial charge >= 0.3 is 0 Å². The molecule has 0 aliphatic carbocycles. The Labute approximate surface area is 122 Å². The SMILES string of the molecule is NCCCCC(=O)N1CCC(CN2CCOCC2)CC1. The molecule has 20 heavy (non-hydrogen) atoms. The molecule has 2 aliphatic rings. The maximum atomic E-state index is 12.0.